The Hall–Kier alpha value is 1.31. The number of rotatable bonds is 0. The van der Waals surface area contributed by atoms with Crippen LogP contribution in [0.2, 0.25) is 0 Å². The second kappa shape index (κ2) is 4.22. The first-order valence-electron chi connectivity index (χ1n) is 2.01. The van der Waals surface area contributed by atoms with Crippen molar-refractivity contribution in [2.45, 2.75) is 20.8 Å². The fourth-order valence-electron chi connectivity index (χ4n) is 0. The first-order valence-corrected chi connectivity index (χ1v) is 3.25. The summed E-state index contributed by atoms with van der Waals surface area (Å²) in [5.74, 6) is 0. The van der Waals surface area contributed by atoms with Crippen LogP contribution in [0.15, 0.2) is 0 Å². The molecule has 0 fully saturated rings. The number of halogens is 1. The first kappa shape index (κ1) is 11.2. The van der Waals surface area contributed by atoms with Gasteiger partial charge in [0.25, 0.3) is 0 Å². The second-order valence-electron chi connectivity index (χ2n) is 2.48. The maximum absolute atomic E-state index is 2.27. The van der Waals surface area contributed by atoms with Crippen LogP contribution >= 0.6 is 22.6 Å². The smallest absolute Gasteiger partial charge is 0 e. The SMILES string of the molecule is CC(C)(C)[CH-]I.[V]. The van der Waals surface area contributed by atoms with Gasteiger partial charge in [-0.3, -0.25) is 4.43 Å². The van der Waals surface area contributed by atoms with Crippen LogP contribution in [0, 0.1) is 9.84 Å². The van der Waals surface area contributed by atoms with Gasteiger partial charge in [0.1, 0.15) is 0 Å². The molecule has 0 amide bonds. The maximum Gasteiger partial charge on any atom is 0 e. The molecule has 0 N–H and O–H groups in total. The van der Waals surface area contributed by atoms with E-state index >= 15 is 0 Å². The van der Waals surface area contributed by atoms with E-state index in [1.165, 1.54) is 0 Å². The third-order valence-electron chi connectivity index (χ3n) is 0.327. The Morgan fingerprint density at radius 1 is 1.29 bits per heavy atom. The molecule has 0 saturated carbocycles. The van der Waals surface area contributed by atoms with Crippen molar-refractivity contribution in [1.29, 1.82) is 0 Å². The van der Waals surface area contributed by atoms with E-state index in [9.17, 15) is 0 Å². The molecule has 0 unspecified atom stereocenters. The van der Waals surface area contributed by atoms with Gasteiger partial charge in [0.2, 0.25) is 0 Å². The Bertz CT molecular complexity index is 37.8. The van der Waals surface area contributed by atoms with Crippen LogP contribution in [-0.4, -0.2) is 0 Å². The van der Waals surface area contributed by atoms with Crippen molar-refractivity contribution >= 4 is 22.6 Å². The average Bonchev–Trinajstić information content (AvgIpc) is 1.35. The molecular formula is C5H10IV-. The van der Waals surface area contributed by atoms with Gasteiger partial charge in [-0.2, -0.15) is 5.41 Å². The fraction of sp³-hybridized carbons (Fsp3) is 0.800. The summed E-state index contributed by atoms with van der Waals surface area (Å²) in [6.45, 7) is 6.54. The van der Waals surface area contributed by atoms with Crippen molar-refractivity contribution in [2.24, 2.45) is 5.41 Å². The van der Waals surface area contributed by atoms with Crippen LogP contribution in [0.1, 0.15) is 20.8 Å². The Balaban J connectivity index is 0. The van der Waals surface area contributed by atoms with Gasteiger partial charge in [-0.1, -0.05) is 20.8 Å². The molecule has 1 radical (unpaired) electrons. The van der Waals surface area contributed by atoms with Crippen LogP contribution in [0.25, 0.3) is 0 Å². The van der Waals surface area contributed by atoms with E-state index in [0.717, 1.165) is 0 Å². The topological polar surface area (TPSA) is 0 Å². The van der Waals surface area contributed by atoms with Crippen LogP contribution in [0.4, 0.5) is 0 Å². The van der Waals surface area contributed by atoms with Gasteiger partial charge in [-0.15, -0.1) is 0 Å². The van der Waals surface area contributed by atoms with Gasteiger partial charge in [0.15, 0.2) is 0 Å². The van der Waals surface area contributed by atoms with E-state index in [2.05, 4.69) is 47.8 Å². The Morgan fingerprint density at radius 3 is 1.43 bits per heavy atom. The summed E-state index contributed by atoms with van der Waals surface area (Å²) in [5.41, 5.74) is 0.403. The molecule has 0 aromatic heterocycles. The molecular weight excluding hydrogens is 238 g/mol. The summed E-state index contributed by atoms with van der Waals surface area (Å²) in [6, 6.07) is 0. The van der Waals surface area contributed by atoms with E-state index in [0.29, 0.717) is 5.41 Å². The summed E-state index contributed by atoms with van der Waals surface area (Å²) in [4.78, 5) is 0. The molecule has 0 aromatic carbocycles. The van der Waals surface area contributed by atoms with Crippen molar-refractivity contribution in [3.05, 3.63) is 4.43 Å². The Morgan fingerprint density at radius 2 is 1.43 bits per heavy atom. The summed E-state index contributed by atoms with van der Waals surface area (Å²) >= 11 is 2.27. The molecule has 43 valence electrons. The van der Waals surface area contributed by atoms with Gasteiger partial charge < -0.3 is 22.6 Å². The van der Waals surface area contributed by atoms with Crippen molar-refractivity contribution in [3.8, 4) is 0 Å². The largest absolute Gasteiger partial charge is 0.315 e. The standard InChI is InChI=1S/C5H10I.V/c1-5(2,3)4-6;/h4H,1-3H3;/q-1;. The monoisotopic (exact) mass is 248 g/mol. The zero-order chi connectivity index (χ0) is 5.21. The molecule has 0 spiro atoms. The van der Waals surface area contributed by atoms with Crippen LogP contribution in [0.3, 0.4) is 0 Å². The molecule has 0 aliphatic rings. The summed E-state index contributed by atoms with van der Waals surface area (Å²) in [6.07, 6.45) is 0. The fourth-order valence-corrected chi connectivity index (χ4v) is 0. The van der Waals surface area contributed by atoms with E-state index in [1.54, 1.807) is 0 Å². The van der Waals surface area contributed by atoms with E-state index in [1.807, 2.05) is 0 Å². The normalized spacial score (nSPS) is 10.3. The van der Waals surface area contributed by atoms with Gasteiger partial charge in [-0.25, -0.2) is 0 Å². The van der Waals surface area contributed by atoms with Crippen molar-refractivity contribution < 1.29 is 18.6 Å². The Labute approximate surface area is 71.5 Å². The predicted octanol–water partition coefficient (Wildman–Crippen LogP) is 2.63. The summed E-state index contributed by atoms with van der Waals surface area (Å²) < 4.78 is 2.16. The van der Waals surface area contributed by atoms with Gasteiger partial charge in [-0.05, 0) is 0 Å². The molecule has 0 bridgehead atoms. The number of hydrogen-bond donors (Lipinski definition) is 0. The molecule has 7 heavy (non-hydrogen) atoms. The van der Waals surface area contributed by atoms with Gasteiger partial charge in [0, 0.05) is 18.6 Å². The van der Waals surface area contributed by atoms with E-state index in [4.69, 9.17) is 0 Å². The molecule has 0 rings (SSSR count). The summed E-state index contributed by atoms with van der Waals surface area (Å²) in [5, 5.41) is 0. The van der Waals surface area contributed by atoms with E-state index < -0.39 is 0 Å². The quantitative estimate of drug-likeness (QED) is 0.456. The first-order chi connectivity index (χ1) is 2.56. The van der Waals surface area contributed by atoms with Crippen molar-refractivity contribution in [1.82, 2.24) is 0 Å². The summed E-state index contributed by atoms with van der Waals surface area (Å²) in [7, 11) is 0. The van der Waals surface area contributed by atoms with E-state index in [-0.39, 0.29) is 18.6 Å². The average molecular weight is 248 g/mol. The minimum absolute atomic E-state index is 0. The minimum Gasteiger partial charge on any atom is -0.315 e. The second-order valence-corrected chi connectivity index (χ2v) is 3.10. The molecule has 0 aliphatic heterocycles. The third kappa shape index (κ3) is 11.1. The van der Waals surface area contributed by atoms with Crippen LogP contribution < -0.4 is 0 Å². The minimum atomic E-state index is 0. The zero-order valence-electron chi connectivity index (χ0n) is 4.90. The third-order valence-corrected chi connectivity index (χ3v) is 2.20. The molecule has 0 aliphatic carbocycles. The van der Waals surface area contributed by atoms with Gasteiger partial charge in [0.05, 0.1) is 0 Å². The molecule has 0 nitrogen and oxygen atoms in total. The van der Waals surface area contributed by atoms with Crippen molar-refractivity contribution in [2.75, 3.05) is 0 Å². The van der Waals surface area contributed by atoms with Crippen LogP contribution in [-0.2, 0) is 18.6 Å². The molecule has 2 heteroatoms. The van der Waals surface area contributed by atoms with Crippen LogP contribution in [0.5, 0.6) is 0 Å². The molecule has 0 aromatic rings. The molecule has 0 atom stereocenters. The zero-order valence-corrected chi connectivity index (χ0v) is 8.46. The van der Waals surface area contributed by atoms with Crippen molar-refractivity contribution in [3.63, 3.8) is 0 Å². The predicted molar refractivity (Wildman–Crippen MR) is 37.8 cm³/mol. The maximum atomic E-state index is 2.27. The van der Waals surface area contributed by atoms with Gasteiger partial charge >= 0.3 is 0 Å². The molecule has 0 saturated heterocycles. The number of hydrogen-bond acceptors (Lipinski definition) is 0. The Kier molecular flexibility index (Phi) is 6.72. The molecule has 0 heterocycles.